The second-order valence-corrected chi connectivity index (χ2v) is 11.0. The number of carbonyl (C=O) groups is 5. The summed E-state index contributed by atoms with van der Waals surface area (Å²) >= 11 is 0. The van der Waals surface area contributed by atoms with Crippen molar-refractivity contribution in [3.05, 3.63) is 41.7 Å². The molecular weight excluding hydrogens is 642 g/mol. The number of nitrogens with zero attached hydrogens (tertiary/aromatic N) is 4. The first-order chi connectivity index (χ1) is 23.8. The van der Waals surface area contributed by atoms with Gasteiger partial charge in [-0.15, -0.1) is 5.10 Å². The smallest absolute Gasteiger partial charge is 0.250 e. The molecular formula is C32H47N7O10. The molecule has 1 fully saturated rings. The highest BCUT2D eigenvalue weighted by atomic mass is 16.6. The summed E-state index contributed by atoms with van der Waals surface area (Å²) < 4.78 is 28.6. The van der Waals surface area contributed by atoms with E-state index >= 15 is 0 Å². The van der Waals surface area contributed by atoms with Gasteiger partial charge >= 0.3 is 0 Å². The van der Waals surface area contributed by atoms with Gasteiger partial charge in [-0.1, -0.05) is 17.3 Å². The number of ether oxygens (including phenoxy) is 5. The number of imide groups is 1. The molecule has 17 heteroatoms. The Morgan fingerprint density at radius 1 is 0.816 bits per heavy atom. The quantitative estimate of drug-likeness (QED) is 0.0872. The van der Waals surface area contributed by atoms with Gasteiger partial charge in [0, 0.05) is 51.6 Å². The standard InChI is InChI=1S/C32H47N7O10/c1-25(40)33-11-14-45-15-16-46-17-18-47-19-20-48-22-28-21-38(37-36-28)12-2-10-34-29(41)23-49-24-30(42)35-27-6-3-26(4-7-27)5-8-31(43)39-13-9-32(39)44/h3-4,6-7,21H,2,5,8-20,22-24H2,1H3,(H,33,40)(H,34,41)(H,35,42). The van der Waals surface area contributed by atoms with Crippen LogP contribution in [-0.2, 0) is 67.2 Å². The molecule has 0 aliphatic carbocycles. The number of aromatic nitrogens is 3. The number of hydrogen-bond acceptors (Lipinski definition) is 12. The second kappa shape index (κ2) is 23.1. The van der Waals surface area contributed by atoms with E-state index < -0.39 is 5.91 Å². The van der Waals surface area contributed by atoms with E-state index in [0.29, 0.717) is 110 Å². The van der Waals surface area contributed by atoms with Crippen LogP contribution < -0.4 is 16.0 Å². The fourth-order valence-electron chi connectivity index (χ4n) is 4.32. The van der Waals surface area contributed by atoms with Crippen LogP contribution in [0.25, 0.3) is 0 Å². The van der Waals surface area contributed by atoms with Crippen molar-refractivity contribution in [2.75, 3.05) is 84.4 Å². The summed E-state index contributed by atoms with van der Waals surface area (Å²) in [6.45, 7) is 6.21. The third-order valence-electron chi connectivity index (χ3n) is 6.94. The normalized spacial score (nSPS) is 12.4. The molecule has 1 aliphatic heterocycles. The van der Waals surface area contributed by atoms with Gasteiger partial charge in [-0.05, 0) is 30.5 Å². The molecule has 0 spiro atoms. The molecule has 17 nitrogen and oxygen atoms in total. The molecule has 1 aromatic carbocycles. The molecule has 0 bridgehead atoms. The van der Waals surface area contributed by atoms with Crippen LogP contribution in [0.5, 0.6) is 0 Å². The lowest BCUT2D eigenvalue weighted by Crippen LogP contribution is -2.47. The summed E-state index contributed by atoms with van der Waals surface area (Å²) in [4.78, 5) is 59.6. The minimum Gasteiger partial charge on any atom is -0.377 e. The number of benzene rings is 1. The molecule has 2 aromatic rings. The Bertz CT molecular complexity index is 1320. The maximum atomic E-state index is 12.2. The Hall–Kier alpha value is -4.29. The van der Waals surface area contributed by atoms with Crippen LogP contribution in [0.2, 0.25) is 0 Å². The molecule has 1 aromatic heterocycles. The fraction of sp³-hybridized carbons (Fsp3) is 0.594. The Kier molecular flexibility index (Phi) is 18.5. The molecule has 0 saturated carbocycles. The molecule has 5 amide bonds. The second-order valence-electron chi connectivity index (χ2n) is 11.0. The van der Waals surface area contributed by atoms with E-state index in [2.05, 4.69) is 26.3 Å². The molecule has 0 radical (unpaired) electrons. The zero-order valence-corrected chi connectivity index (χ0v) is 28.0. The van der Waals surface area contributed by atoms with Gasteiger partial charge in [0.05, 0.1) is 59.1 Å². The van der Waals surface area contributed by atoms with E-state index in [0.717, 1.165) is 5.56 Å². The predicted molar refractivity (Wildman–Crippen MR) is 174 cm³/mol. The highest BCUT2D eigenvalue weighted by Crippen LogP contribution is 2.14. The molecule has 0 unspecified atom stereocenters. The lowest BCUT2D eigenvalue weighted by Gasteiger charge is -2.28. The summed E-state index contributed by atoms with van der Waals surface area (Å²) in [5.41, 5.74) is 2.16. The van der Waals surface area contributed by atoms with Gasteiger partial charge in [0.1, 0.15) is 18.9 Å². The topological polar surface area (TPSA) is 202 Å². The third kappa shape index (κ3) is 17.1. The van der Waals surface area contributed by atoms with E-state index in [1.54, 1.807) is 35.1 Å². The van der Waals surface area contributed by atoms with Crippen LogP contribution >= 0.6 is 0 Å². The number of carbonyl (C=O) groups excluding carboxylic acids is 5. The lowest BCUT2D eigenvalue weighted by atomic mass is 10.1. The van der Waals surface area contributed by atoms with Gasteiger partial charge < -0.3 is 39.6 Å². The number of anilines is 1. The third-order valence-corrected chi connectivity index (χ3v) is 6.94. The molecule has 2 heterocycles. The van der Waals surface area contributed by atoms with Crippen molar-refractivity contribution < 1.29 is 47.7 Å². The average Bonchev–Trinajstić information content (AvgIpc) is 3.53. The van der Waals surface area contributed by atoms with E-state index in [1.165, 1.54) is 11.8 Å². The number of amides is 5. The zero-order valence-electron chi connectivity index (χ0n) is 28.0. The van der Waals surface area contributed by atoms with Crippen molar-refractivity contribution in [3.63, 3.8) is 0 Å². The van der Waals surface area contributed by atoms with Crippen LogP contribution in [-0.4, -0.2) is 129 Å². The van der Waals surface area contributed by atoms with Crippen molar-refractivity contribution >= 4 is 35.2 Å². The summed E-state index contributed by atoms with van der Waals surface area (Å²) in [5.74, 6) is -1.11. The van der Waals surface area contributed by atoms with Crippen molar-refractivity contribution in [2.24, 2.45) is 0 Å². The first-order valence-electron chi connectivity index (χ1n) is 16.3. The van der Waals surface area contributed by atoms with Gasteiger partial charge in [0.15, 0.2) is 0 Å². The highest BCUT2D eigenvalue weighted by molar-refractivity contribution is 5.99. The maximum absolute atomic E-state index is 12.2. The largest absolute Gasteiger partial charge is 0.377 e. The monoisotopic (exact) mass is 689 g/mol. The van der Waals surface area contributed by atoms with Crippen LogP contribution in [0.4, 0.5) is 5.69 Å². The summed E-state index contributed by atoms with van der Waals surface area (Å²) in [6, 6.07) is 7.06. The Morgan fingerprint density at radius 3 is 2.14 bits per heavy atom. The first-order valence-corrected chi connectivity index (χ1v) is 16.3. The van der Waals surface area contributed by atoms with Crippen LogP contribution in [0, 0.1) is 0 Å². The van der Waals surface area contributed by atoms with Crippen LogP contribution in [0.1, 0.15) is 37.4 Å². The summed E-state index contributed by atoms with van der Waals surface area (Å²) in [6.07, 6.45) is 3.59. The van der Waals surface area contributed by atoms with Crippen LogP contribution in [0.3, 0.4) is 0 Å². The van der Waals surface area contributed by atoms with Gasteiger partial charge in [0.2, 0.25) is 29.5 Å². The van der Waals surface area contributed by atoms with Crippen molar-refractivity contribution in [1.29, 1.82) is 0 Å². The summed E-state index contributed by atoms with van der Waals surface area (Å²) in [7, 11) is 0. The SMILES string of the molecule is CC(=O)NCCOCCOCCOCCOCc1cn(CCCNC(=O)COCC(=O)Nc2ccc(CCC(=O)N3CCC3=O)cc2)nn1. The number of likely N-dealkylation sites (tertiary alicyclic amines) is 1. The maximum Gasteiger partial charge on any atom is 0.250 e. The number of rotatable bonds is 26. The highest BCUT2D eigenvalue weighted by Gasteiger charge is 2.29. The molecule has 3 N–H and O–H groups in total. The van der Waals surface area contributed by atoms with E-state index in [-0.39, 0.29) is 43.3 Å². The molecule has 0 atom stereocenters. The van der Waals surface area contributed by atoms with E-state index in [4.69, 9.17) is 23.7 Å². The Labute approximate surface area is 285 Å². The molecule has 1 aliphatic rings. The van der Waals surface area contributed by atoms with Crippen LogP contribution in [0.15, 0.2) is 30.5 Å². The lowest BCUT2D eigenvalue weighted by molar-refractivity contribution is -0.152. The molecule has 49 heavy (non-hydrogen) atoms. The van der Waals surface area contributed by atoms with Crippen molar-refractivity contribution in [3.8, 4) is 0 Å². The molecule has 1 saturated heterocycles. The van der Waals surface area contributed by atoms with E-state index in [1.807, 2.05) is 0 Å². The minimum atomic E-state index is -0.397. The fourth-order valence-corrected chi connectivity index (χ4v) is 4.32. The van der Waals surface area contributed by atoms with Gasteiger partial charge in [0.25, 0.3) is 0 Å². The average molecular weight is 690 g/mol. The zero-order chi connectivity index (χ0) is 35.1. The predicted octanol–water partition coefficient (Wildman–Crippen LogP) is -0.166. The Balaban J connectivity index is 1.11. The summed E-state index contributed by atoms with van der Waals surface area (Å²) in [5, 5.41) is 16.2. The van der Waals surface area contributed by atoms with Gasteiger partial charge in [-0.3, -0.25) is 33.6 Å². The minimum absolute atomic E-state index is 0.0811. The van der Waals surface area contributed by atoms with Gasteiger partial charge in [-0.25, -0.2) is 0 Å². The number of hydrogen-bond donors (Lipinski definition) is 3. The number of β-lactam (4-membered cyclic amide) rings is 1. The first kappa shape index (κ1) is 39.2. The van der Waals surface area contributed by atoms with E-state index in [9.17, 15) is 24.0 Å². The number of aryl methyl sites for hydroxylation is 2. The Morgan fingerprint density at radius 2 is 1.49 bits per heavy atom. The number of nitrogens with one attached hydrogen (secondary N) is 3. The van der Waals surface area contributed by atoms with Crippen molar-refractivity contribution in [1.82, 2.24) is 30.5 Å². The molecule has 3 rings (SSSR count). The van der Waals surface area contributed by atoms with Gasteiger partial charge in [-0.2, -0.15) is 0 Å². The molecule has 270 valence electrons. The van der Waals surface area contributed by atoms with Crippen molar-refractivity contribution in [2.45, 2.75) is 45.8 Å².